The molecule has 4 N–H and O–H groups in total. The third kappa shape index (κ3) is 4.27. The monoisotopic (exact) mass is 415 g/mol. The van der Waals surface area contributed by atoms with Crippen LogP contribution in [-0.4, -0.2) is 36.8 Å². The van der Waals surface area contributed by atoms with E-state index in [1.54, 1.807) is 22.1 Å². The van der Waals surface area contributed by atoms with Crippen LogP contribution in [0.4, 0.5) is 5.95 Å². The maximum absolute atomic E-state index is 12.8. The molecule has 2 amide bonds. The van der Waals surface area contributed by atoms with Crippen molar-refractivity contribution in [2.45, 2.75) is 39.7 Å². The number of fused-ring (bicyclic) bond motifs is 1. The van der Waals surface area contributed by atoms with Gasteiger partial charge in [0.1, 0.15) is 0 Å². The summed E-state index contributed by atoms with van der Waals surface area (Å²) in [6, 6.07) is 3.22. The Kier molecular flexibility index (Phi) is 5.92. The van der Waals surface area contributed by atoms with Gasteiger partial charge < -0.3 is 15.4 Å². The lowest BCUT2D eigenvalue weighted by molar-refractivity contribution is -0.137. The topological polar surface area (TPSA) is 140 Å². The molecule has 3 rings (SSSR count). The lowest BCUT2D eigenvalue weighted by Crippen LogP contribution is -2.17. The fraction of sp³-hybridized carbons (Fsp3) is 0.316. The van der Waals surface area contributed by atoms with E-state index in [0.717, 1.165) is 11.1 Å². The van der Waals surface area contributed by atoms with Gasteiger partial charge in [-0.25, -0.2) is 4.98 Å². The van der Waals surface area contributed by atoms with Crippen LogP contribution in [0.2, 0.25) is 0 Å². The molecule has 152 valence electrons. The van der Waals surface area contributed by atoms with Crippen LogP contribution in [0, 0.1) is 6.92 Å². The number of rotatable bonds is 8. The summed E-state index contributed by atoms with van der Waals surface area (Å²) in [5.74, 6) is -1.52. The van der Waals surface area contributed by atoms with Crippen LogP contribution in [0.3, 0.4) is 0 Å². The Morgan fingerprint density at radius 3 is 2.72 bits per heavy atom. The number of hydrogen-bond acceptors (Lipinski definition) is 6. The Morgan fingerprint density at radius 2 is 2.07 bits per heavy atom. The number of aromatic nitrogens is 3. The van der Waals surface area contributed by atoms with E-state index >= 15 is 0 Å². The predicted molar refractivity (Wildman–Crippen MR) is 109 cm³/mol. The zero-order chi connectivity index (χ0) is 21.1. The van der Waals surface area contributed by atoms with Gasteiger partial charge in [-0.3, -0.25) is 19.7 Å². The molecule has 0 atom stereocenters. The Labute approximate surface area is 170 Å². The van der Waals surface area contributed by atoms with Gasteiger partial charge in [0.2, 0.25) is 11.9 Å². The highest BCUT2D eigenvalue weighted by Gasteiger charge is 2.20. The number of carbonyl (C=O) groups is 3. The zero-order valence-corrected chi connectivity index (χ0v) is 16.9. The van der Waals surface area contributed by atoms with Gasteiger partial charge in [0, 0.05) is 23.9 Å². The van der Waals surface area contributed by atoms with Crippen LogP contribution >= 0.6 is 11.5 Å². The highest BCUT2D eigenvalue weighted by molar-refractivity contribution is 7.04. The first-order chi connectivity index (χ1) is 13.8. The largest absolute Gasteiger partial charge is 0.481 e. The van der Waals surface area contributed by atoms with Gasteiger partial charge in [0.05, 0.1) is 22.3 Å². The number of nitrogens with one attached hydrogen (secondary N) is 1. The van der Waals surface area contributed by atoms with Crippen LogP contribution < -0.4 is 11.1 Å². The number of carboxylic acid groups (broad SMARTS) is 1. The fourth-order valence-electron chi connectivity index (χ4n) is 3.19. The molecule has 0 radical (unpaired) electrons. The molecule has 2 aromatic heterocycles. The summed E-state index contributed by atoms with van der Waals surface area (Å²) in [5, 5.41) is 13.4. The van der Waals surface area contributed by atoms with E-state index in [2.05, 4.69) is 14.7 Å². The van der Waals surface area contributed by atoms with Gasteiger partial charge >= 0.3 is 5.97 Å². The second kappa shape index (κ2) is 8.39. The molecular formula is C19H21N5O4S. The number of primary amides is 1. The molecule has 3 aromatic rings. The molecule has 10 heteroatoms. The van der Waals surface area contributed by atoms with Crippen molar-refractivity contribution in [3.05, 3.63) is 39.9 Å². The van der Waals surface area contributed by atoms with Gasteiger partial charge in [0.15, 0.2) is 0 Å². The summed E-state index contributed by atoms with van der Waals surface area (Å²) in [5.41, 5.74) is 8.87. The van der Waals surface area contributed by atoms with Gasteiger partial charge in [0.25, 0.3) is 5.91 Å². The number of nitrogens with two attached hydrogens (primary N) is 1. The second-order valence-corrected chi connectivity index (χ2v) is 7.22. The Bertz CT molecular complexity index is 1100. The van der Waals surface area contributed by atoms with E-state index in [4.69, 9.17) is 10.8 Å². The number of nitrogens with zero attached hydrogens (tertiary/aromatic N) is 3. The molecular weight excluding hydrogens is 394 g/mol. The molecule has 0 saturated carbocycles. The number of carboxylic acids is 1. The minimum atomic E-state index is -0.898. The first-order valence-electron chi connectivity index (χ1n) is 9.08. The molecule has 0 aliphatic carbocycles. The molecule has 0 aliphatic rings. The van der Waals surface area contributed by atoms with Crippen molar-refractivity contribution >= 4 is 46.3 Å². The molecule has 0 fully saturated rings. The number of anilines is 1. The van der Waals surface area contributed by atoms with Gasteiger partial charge in [-0.1, -0.05) is 6.92 Å². The van der Waals surface area contributed by atoms with E-state index in [-0.39, 0.29) is 18.3 Å². The van der Waals surface area contributed by atoms with Gasteiger partial charge in [-0.05, 0) is 49.0 Å². The summed E-state index contributed by atoms with van der Waals surface area (Å²) < 4.78 is 5.98. The maximum atomic E-state index is 12.8. The Balaban J connectivity index is 2.03. The van der Waals surface area contributed by atoms with Crippen molar-refractivity contribution in [1.29, 1.82) is 0 Å². The molecule has 0 unspecified atom stereocenters. The molecule has 9 nitrogen and oxygen atoms in total. The standard InChI is InChI=1S/C19H21N5O4S/c1-3-13-12(9-29-23-13)18(28)22-19-21-14-8-11(17(20)27)7-10(2)16(14)24(19)6-4-5-15(25)26/h7-9H,3-6H2,1-2H3,(H2,20,27)(H,25,26)(H,21,22,28). The van der Waals surface area contributed by atoms with Crippen LogP contribution in [0.5, 0.6) is 0 Å². The van der Waals surface area contributed by atoms with Crippen LogP contribution in [0.1, 0.15) is 51.7 Å². The van der Waals surface area contributed by atoms with Crippen molar-refractivity contribution in [2.24, 2.45) is 5.73 Å². The maximum Gasteiger partial charge on any atom is 0.303 e. The summed E-state index contributed by atoms with van der Waals surface area (Å²) >= 11 is 1.21. The number of carbonyl (C=O) groups excluding carboxylic acids is 2. The molecule has 0 saturated heterocycles. The average molecular weight is 415 g/mol. The molecule has 2 heterocycles. The predicted octanol–water partition coefficient (Wildman–Crippen LogP) is 2.58. The lowest BCUT2D eigenvalue weighted by atomic mass is 10.1. The molecule has 0 spiro atoms. The third-order valence-corrected chi connectivity index (χ3v) is 5.21. The van der Waals surface area contributed by atoms with Crippen LogP contribution in [-0.2, 0) is 17.8 Å². The van der Waals surface area contributed by atoms with Crippen LogP contribution in [0.15, 0.2) is 17.5 Å². The molecule has 29 heavy (non-hydrogen) atoms. The Hall–Kier alpha value is -3.27. The molecule has 0 bridgehead atoms. The lowest BCUT2D eigenvalue weighted by Gasteiger charge is -2.11. The molecule has 0 aliphatic heterocycles. The summed E-state index contributed by atoms with van der Waals surface area (Å²) in [7, 11) is 0. The number of aliphatic carboxylic acids is 1. The number of aryl methyl sites for hydroxylation is 3. The van der Waals surface area contributed by atoms with Gasteiger partial charge in [-0.15, -0.1) is 0 Å². The minimum Gasteiger partial charge on any atom is -0.481 e. The minimum absolute atomic E-state index is 0.0140. The van der Waals surface area contributed by atoms with Crippen molar-refractivity contribution in [3.63, 3.8) is 0 Å². The van der Waals surface area contributed by atoms with E-state index in [1.807, 2.05) is 13.8 Å². The SMILES string of the molecule is CCc1nscc1C(=O)Nc1nc2cc(C(N)=O)cc(C)c2n1CCCC(=O)O. The smallest absolute Gasteiger partial charge is 0.303 e. The van der Waals surface area contributed by atoms with E-state index in [9.17, 15) is 14.4 Å². The number of amides is 2. The quantitative estimate of drug-likeness (QED) is 0.516. The molecule has 1 aromatic carbocycles. The normalized spacial score (nSPS) is 11.0. The third-order valence-electron chi connectivity index (χ3n) is 4.54. The Morgan fingerprint density at radius 1 is 1.31 bits per heavy atom. The second-order valence-electron chi connectivity index (χ2n) is 6.59. The van der Waals surface area contributed by atoms with Crippen molar-refractivity contribution in [3.8, 4) is 0 Å². The van der Waals surface area contributed by atoms with Gasteiger partial charge in [-0.2, -0.15) is 4.37 Å². The van der Waals surface area contributed by atoms with Crippen molar-refractivity contribution < 1.29 is 19.5 Å². The number of hydrogen-bond donors (Lipinski definition) is 3. The average Bonchev–Trinajstić information content (AvgIpc) is 3.26. The first-order valence-corrected chi connectivity index (χ1v) is 9.92. The summed E-state index contributed by atoms with van der Waals surface area (Å²) in [6.07, 6.45) is 0.975. The van der Waals surface area contributed by atoms with Crippen molar-refractivity contribution in [2.75, 3.05) is 5.32 Å². The van der Waals surface area contributed by atoms with E-state index in [1.165, 1.54) is 11.5 Å². The summed E-state index contributed by atoms with van der Waals surface area (Å²) in [4.78, 5) is 39.7. The van der Waals surface area contributed by atoms with Crippen molar-refractivity contribution in [1.82, 2.24) is 13.9 Å². The number of imidazole rings is 1. The van der Waals surface area contributed by atoms with E-state index < -0.39 is 11.9 Å². The zero-order valence-electron chi connectivity index (χ0n) is 16.1. The number of benzene rings is 1. The fourth-order valence-corrected chi connectivity index (χ4v) is 3.95. The highest BCUT2D eigenvalue weighted by Crippen LogP contribution is 2.26. The summed E-state index contributed by atoms with van der Waals surface area (Å²) in [6.45, 7) is 4.08. The van der Waals surface area contributed by atoms with Crippen LogP contribution in [0.25, 0.3) is 11.0 Å². The van der Waals surface area contributed by atoms with E-state index in [0.29, 0.717) is 41.7 Å². The highest BCUT2D eigenvalue weighted by atomic mass is 32.1. The first kappa shape index (κ1) is 20.5.